The van der Waals surface area contributed by atoms with Gasteiger partial charge >= 0.3 is 12.1 Å². The topological polar surface area (TPSA) is 103 Å². The molecule has 0 atom stereocenters. The van der Waals surface area contributed by atoms with Crippen molar-refractivity contribution in [2.24, 2.45) is 0 Å². The van der Waals surface area contributed by atoms with Gasteiger partial charge in [0.15, 0.2) is 11.5 Å². The normalized spacial score (nSPS) is 11.8. The minimum atomic E-state index is -1.30. The maximum Gasteiger partial charge on any atom is 0.411 e. The molecule has 0 saturated carbocycles. The van der Waals surface area contributed by atoms with E-state index in [-0.39, 0.29) is 41.0 Å². The number of carboxylic acid groups (broad SMARTS) is 1. The summed E-state index contributed by atoms with van der Waals surface area (Å²) in [5, 5.41) is 12.2. The van der Waals surface area contributed by atoms with Gasteiger partial charge in [-0.1, -0.05) is 48.5 Å². The maximum absolute atomic E-state index is 12.7. The van der Waals surface area contributed by atoms with Crippen LogP contribution in [0.1, 0.15) is 27.4 Å². The van der Waals surface area contributed by atoms with Gasteiger partial charge in [-0.3, -0.25) is 5.32 Å². The number of carboxylic acids is 1. The first kappa shape index (κ1) is 22.0. The number of anilines is 1. The van der Waals surface area contributed by atoms with Crippen molar-refractivity contribution in [2.45, 2.75) is 5.92 Å². The number of fused-ring (bicyclic) bond motifs is 3. The number of ether oxygens (including phenoxy) is 4. The molecular weight excluding hydrogens is 426 g/mol. The second-order valence-corrected chi connectivity index (χ2v) is 7.32. The Bertz CT molecular complexity index is 1180. The molecule has 0 fully saturated rings. The van der Waals surface area contributed by atoms with Gasteiger partial charge in [0.25, 0.3) is 0 Å². The van der Waals surface area contributed by atoms with Gasteiger partial charge in [0, 0.05) is 12.0 Å². The van der Waals surface area contributed by atoms with Crippen LogP contribution in [0.2, 0.25) is 0 Å². The molecule has 33 heavy (non-hydrogen) atoms. The number of aromatic carboxylic acids is 1. The number of carbonyl (C=O) groups excluding carboxylic acids is 1. The van der Waals surface area contributed by atoms with Gasteiger partial charge in [-0.25, -0.2) is 9.59 Å². The summed E-state index contributed by atoms with van der Waals surface area (Å²) in [6, 6.07) is 17.3. The Hall–Kier alpha value is -4.20. The number of carbonyl (C=O) groups is 2. The molecule has 3 aromatic carbocycles. The van der Waals surface area contributed by atoms with Crippen molar-refractivity contribution in [3.05, 3.63) is 71.3 Å². The molecule has 2 N–H and O–H groups in total. The number of benzene rings is 3. The summed E-state index contributed by atoms with van der Waals surface area (Å²) in [6.07, 6.45) is -0.798. The van der Waals surface area contributed by atoms with E-state index in [2.05, 4.69) is 5.32 Å². The highest BCUT2D eigenvalue weighted by Gasteiger charge is 2.30. The molecule has 1 aliphatic carbocycles. The first-order valence-electron chi connectivity index (χ1n) is 10.2. The van der Waals surface area contributed by atoms with E-state index in [1.165, 1.54) is 27.4 Å². The minimum Gasteiger partial charge on any atom is -0.493 e. The quantitative estimate of drug-likeness (QED) is 0.535. The highest BCUT2D eigenvalue weighted by atomic mass is 16.6. The van der Waals surface area contributed by atoms with E-state index in [0.29, 0.717) is 0 Å². The zero-order valence-electron chi connectivity index (χ0n) is 18.4. The molecule has 0 saturated heterocycles. The first-order valence-corrected chi connectivity index (χ1v) is 10.2. The van der Waals surface area contributed by atoms with E-state index in [4.69, 9.17) is 18.9 Å². The molecule has 0 unspecified atom stereocenters. The third-order valence-electron chi connectivity index (χ3n) is 5.62. The summed E-state index contributed by atoms with van der Waals surface area (Å²) in [5.74, 6) is -1.19. The summed E-state index contributed by atoms with van der Waals surface area (Å²) in [6.45, 7) is 0.0900. The SMILES string of the molecule is COc1cc(NC(=O)OCC2c3ccccc3-c3ccccc32)c(C(=O)O)c(OC)c1OC. The van der Waals surface area contributed by atoms with Crippen molar-refractivity contribution in [3.8, 4) is 28.4 Å². The van der Waals surface area contributed by atoms with Crippen molar-refractivity contribution < 1.29 is 33.6 Å². The second-order valence-electron chi connectivity index (χ2n) is 7.32. The Morgan fingerprint density at radius 3 is 1.97 bits per heavy atom. The lowest BCUT2D eigenvalue weighted by molar-refractivity contribution is 0.0693. The monoisotopic (exact) mass is 449 g/mol. The molecule has 0 bridgehead atoms. The van der Waals surface area contributed by atoms with Crippen molar-refractivity contribution in [2.75, 3.05) is 33.3 Å². The molecule has 0 heterocycles. The van der Waals surface area contributed by atoms with E-state index in [9.17, 15) is 14.7 Å². The maximum atomic E-state index is 12.7. The van der Waals surface area contributed by atoms with Crippen molar-refractivity contribution in [1.29, 1.82) is 0 Å². The average molecular weight is 449 g/mol. The van der Waals surface area contributed by atoms with E-state index < -0.39 is 12.1 Å². The Kier molecular flexibility index (Phi) is 6.08. The minimum absolute atomic E-state index is 0.0331. The van der Waals surface area contributed by atoms with E-state index >= 15 is 0 Å². The van der Waals surface area contributed by atoms with Crippen LogP contribution in [0, 0.1) is 0 Å². The number of hydrogen-bond acceptors (Lipinski definition) is 6. The van der Waals surface area contributed by atoms with Crippen LogP contribution in [0.3, 0.4) is 0 Å². The molecular formula is C25H23NO7. The number of hydrogen-bond donors (Lipinski definition) is 2. The zero-order chi connectivity index (χ0) is 23.5. The van der Waals surface area contributed by atoms with E-state index in [0.717, 1.165) is 22.3 Å². The smallest absolute Gasteiger partial charge is 0.411 e. The lowest BCUT2D eigenvalue weighted by Gasteiger charge is -2.18. The van der Waals surface area contributed by atoms with Crippen molar-refractivity contribution >= 4 is 17.7 Å². The fourth-order valence-electron chi connectivity index (χ4n) is 4.21. The Morgan fingerprint density at radius 1 is 0.879 bits per heavy atom. The number of nitrogens with one attached hydrogen (secondary N) is 1. The van der Waals surface area contributed by atoms with Gasteiger partial charge in [-0.2, -0.15) is 0 Å². The lowest BCUT2D eigenvalue weighted by Crippen LogP contribution is -2.20. The molecule has 1 aliphatic rings. The van der Waals surface area contributed by atoms with Crippen LogP contribution in [0.5, 0.6) is 17.2 Å². The molecule has 8 heteroatoms. The number of amides is 1. The number of rotatable bonds is 7. The standard InChI is InChI=1S/C25H23NO7/c1-30-20-12-19(21(24(27)28)23(32-3)22(20)31-2)26-25(29)33-13-18-16-10-6-4-8-14(16)15-9-5-7-11-17(15)18/h4-12,18H,13H2,1-3H3,(H,26,29)(H,27,28). The van der Waals surface area contributed by atoms with Crippen LogP contribution in [0.15, 0.2) is 54.6 Å². The third-order valence-corrected chi connectivity index (χ3v) is 5.62. The largest absolute Gasteiger partial charge is 0.493 e. The second kappa shape index (κ2) is 9.12. The molecule has 1 amide bonds. The molecule has 170 valence electrons. The van der Waals surface area contributed by atoms with Crippen molar-refractivity contribution in [1.82, 2.24) is 0 Å². The van der Waals surface area contributed by atoms with E-state index in [1.807, 2.05) is 48.5 Å². The van der Waals surface area contributed by atoms with Gasteiger partial charge in [0.1, 0.15) is 12.2 Å². The Morgan fingerprint density at radius 2 is 1.45 bits per heavy atom. The summed E-state index contributed by atoms with van der Waals surface area (Å²) in [4.78, 5) is 24.6. The van der Waals surface area contributed by atoms with Crippen LogP contribution >= 0.6 is 0 Å². The van der Waals surface area contributed by atoms with E-state index in [1.54, 1.807) is 0 Å². The average Bonchev–Trinajstić information content (AvgIpc) is 3.15. The summed E-state index contributed by atoms with van der Waals surface area (Å²) in [7, 11) is 4.07. The number of methoxy groups -OCH3 is 3. The van der Waals surface area contributed by atoms with Gasteiger partial charge < -0.3 is 24.1 Å². The molecule has 3 aromatic rings. The fourth-order valence-corrected chi connectivity index (χ4v) is 4.21. The molecule has 8 nitrogen and oxygen atoms in total. The summed E-state index contributed by atoms with van der Waals surface area (Å²) >= 11 is 0. The molecule has 0 radical (unpaired) electrons. The van der Waals surface area contributed by atoms with Crippen LogP contribution in [0.4, 0.5) is 10.5 Å². The van der Waals surface area contributed by atoms with Crippen molar-refractivity contribution in [3.63, 3.8) is 0 Å². The molecule has 0 aromatic heterocycles. The van der Waals surface area contributed by atoms with Crippen LogP contribution in [-0.4, -0.2) is 45.1 Å². The Labute approximate surface area is 190 Å². The van der Waals surface area contributed by atoms with Crippen LogP contribution in [0.25, 0.3) is 11.1 Å². The molecule has 4 rings (SSSR count). The first-order chi connectivity index (χ1) is 16.0. The molecule has 0 spiro atoms. The van der Waals surface area contributed by atoms with Gasteiger partial charge in [0.05, 0.1) is 27.0 Å². The highest BCUT2D eigenvalue weighted by Crippen LogP contribution is 2.45. The Balaban J connectivity index is 1.59. The summed E-state index contributed by atoms with van der Waals surface area (Å²) in [5.41, 5.74) is 4.06. The predicted molar refractivity (Wildman–Crippen MR) is 122 cm³/mol. The van der Waals surface area contributed by atoms with Crippen LogP contribution < -0.4 is 19.5 Å². The predicted octanol–water partition coefficient (Wildman–Crippen LogP) is 4.77. The van der Waals surface area contributed by atoms with Crippen LogP contribution in [-0.2, 0) is 4.74 Å². The molecule has 0 aliphatic heterocycles. The highest BCUT2D eigenvalue weighted by molar-refractivity contribution is 6.03. The lowest BCUT2D eigenvalue weighted by atomic mass is 9.98. The third kappa shape index (κ3) is 3.91. The fraction of sp³-hybridized carbons (Fsp3) is 0.200. The van der Waals surface area contributed by atoms with Gasteiger partial charge in [0.2, 0.25) is 5.75 Å². The van der Waals surface area contributed by atoms with Gasteiger partial charge in [-0.15, -0.1) is 0 Å². The summed E-state index contributed by atoms with van der Waals surface area (Å²) < 4.78 is 21.3. The zero-order valence-corrected chi connectivity index (χ0v) is 18.4. The van der Waals surface area contributed by atoms with Gasteiger partial charge in [-0.05, 0) is 22.3 Å².